The standard InChI is InChI=1S/C25H19Cl3N4O3/c1-2-14-3-7-18(8-4-14)29-24(34)25(35)31-32-21-10-6-16(26)11-15(21)12-22(32)23(33)30-20-9-5-17(27)13-19(20)28/h3-13H,2H2,1H3,(H,29,34)(H,30,33)(H,31,35). The quantitative estimate of drug-likeness (QED) is 0.272. The summed E-state index contributed by atoms with van der Waals surface area (Å²) in [4.78, 5) is 38.4. The minimum absolute atomic E-state index is 0.0572. The summed E-state index contributed by atoms with van der Waals surface area (Å²) in [5.74, 6) is -2.43. The second kappa shape index (κ2) is 10.4. The summed E-state index contributed by atoms with van der Waals surface area (Å²) in [6.45, 7) is 2.02. The average molecular weight is 530 g/mol. The van der Waals surface area contributed by atoms with Crippen LogP contribution in [0.4, 0.5) is 11.4 Å². The van der Waals surface area contributed by atoms with E-state index in [1.165, 1.54) is 10.7 Å². The Balaban J connectivity index is 1.61. The van der Waals surface area contributed by atoms with Crippen LogP contribution >= 0.6 is 34.8 Å². The fourth-order valence-corrected chi connectivity index (χ4v) is 4.05. The number of aryl methyl sites for hydroxylation is 1. The Morgan fingerprint density at radius 3 is 2.17 bits per heavy atom. The van der Waals surface area contributed by atoms with E-state index in [2.05, 4.69) is 16.1 Å². The van der Waals surface area contributed by atoms with Gasteiger partial charge in [0.1, 0.15) is 5.69 Å². The molecule has 3 N–H and O–H groups in total. The van der Waals surface area contributed by atoms with Gasteiger partial charge in [-0.05, 0) is 66.6 Å². The third kappa shape index (κ3) is 5.59. The molecular weight excluding hydrogens is 511 g/mol. The van der Waals surface area contributed by atoms with Gasteiger partial charge in [-0.2, -0.15) is 0 Å². The van der Waals surface area contributed by atoms with Gasteiger partial charge in [-0.1, -0.05) is 53.9 Å². The topological polar surface area (TPSA) is 92.2 Å². The molecule has 1 heterocycles. The van der Waals surface area contributed by atoms with Crippen LogP contribution in [0.5, 0.6) is 0 Å². The summed E-state index contributed by atoms with van der Waals surface area (Å²) in [5, 5.41) is 6.93. The highest BCUT2D eigenvalue weighted by Gasteiger charge is 2.22. The molecule has 0 spiro atoms. The Hall–Kier alpha value is -3.52. The number of rotatable bonds is 5. The number of amides is 3. The van der Waals surface area contributed by atoms with E-state index < -0.39 is 17.7 Å². The highest BCUT2D eigenvalue weighted by Crippen LogP contribution is 2.27. The first-order valence-corrected chi connectivity index (χ1v) is 11.7. The van der Waals surface area contributed by atoms with Gasteiger partial charge in [0, 0.05) is 21.1 Å². The van der Waals surface area contributed by atoms with Crippen molar-refractivity contribution in [2.45, 2.75) is 13.3 Å². The molecule has 0 saturated heterocycles. The van der Waals surface area contributed by atoms with Crippen molar-refractivity contribution in [3.63, 3.8) is 0 Å². The molecule has 178 valence electrons. The van der Waals surface area contributed by atoms with Crippen LogP contribution in [0.3, 0.4) is 0 Å². The second-order valence-electron chi connectivity index (χ2n) is 7.59. The van der Waals surface area contributed by atoms with Crippen LogP contribution in [-0.2, 0) is 16.0 Å². The first kappa shape index (κ1) is 24.6. The predicted octanol–water partition coefficient (Wildman–Crippen LogP) is 6.13. The van der Waals surface area contributed by atoms with Crippen LogP contribution < -0.4 is 16.1 Å². The number of carbonyl (C=O) groups is 3. The molecule has 7 nitrogen and oxygen atoms in total. The molecule has 0 fully saturated rings. The van der Waals surface area contributed by atoms with E-state index >= 15 is 0 Å². The summed E-state index contributed by atoms with van der Waals surface area (Å²) >= 11 is 18.2. The summed E-state index contributed by atoms with van der Waals surface area (Å²) < 4.78 is 1.23. The van der Waals surface area contributed by atoms with Crippen LogP contribution in [0.25, 0.3) is 10.9 Å². The molecule has 4 aromatic rings. The van der Waals surface area contributed by atoms with Gasteiger partial charge in [-0.25, -0.2) is 4.68 Å². The molecule has 35 heavy (non-hydrogen) atoms. The van der Waals surface area contributed by atoms with Gasteiger partial charge in [-0.15, -0.1) is 0 Å². The van der Waals surface area contributed by atoms with Gasteiger partial charge >= 0.3 is 11.8 Å². The maximum Gasteiger partial charge on any atom is 0.328 e. The van der Waals surface area contributed by atoms with Gasteiger partial charge in [0.2, 0.25) is 0 Å². The number of hydrogen-bond acceptors (Lipinski definition) is 3. The molecule has 0 atom stereocenters. The molecule has 10 heteroatoms. The minimum atomic E-state index is -0.962. The number of benzene rings is 3. The number of carbonyl (C=O) groups excluding carboxylic acids is 3. The molecule has 1 aromatic heterocycles. The fraction of sp³-hybridized carbons (Fsp3) is 0.0800. The Morgan fingerprint density at radius 1 is 0.800 bits per heavy atom. The third-order valence-electron chi connectivity index (χ3n) is 5.22. The van der Waals surface area contributed by atoms with E-state index in [-0.39, 0.29) is 10.7 Å². The Kier molecular flexibility index (Phi) is 7.31. The van der Waals surface area contributed by atoms with E-state index in [1.54, 1.807) is 48.5 Å². The van der Waals surface area contributed by atoms with Gasteiger partial charge < -0.3 is 10.6 Å². The van der Waals surface area contributed by atoms with Crippen molar-refractivity contribution < 1.29 is 14.4 Å². The van der Waals surface area contributed by atoms with Gasteiger partial charge in [-0.3, -0.25) is 19.8 Å². The van der Waals surface area contributed by atoms with Crippen LogP contribution in [0, 0.1) is 0 Å². The SMILES string of the molecule is CCc1ccc(NC(=O)C(=O)Nn2c(C(=O)Nc3ccc(Cl)cc3Cl)cc3cc(Cl)ccc32)cc1. The zero-order chi connectivity index (χ0) is 25.1. The van der Waals surface area contributed by atoms with Crippen molar-refractivity contribution in [1.82, 2.24) is 4.68 Å². The second-order valence-corrected chi connectivity index (χ2v) is 8.87. The van der Waals surface area contributed by atoms with Crippen molar-refractivity contribution in [1.29, 1.82) is 0 Å². The van der Waals surface area contributed by atoms with E-state index in [4.69, 9.17) is 34.8 Å². The highest BCUT2D eigenvalue weighted by molar-refractivity contribution is 6.42. The lowest BCUT2D eigenvalue weighted by molar-refractivity contribution is -0.133. The molecule has 0 aliphatic rings. The monoisotopic (exact) mass is 528 g/mol. The largest absolute Gasteiger partial charge is 0.328 e. The lowest BCUT2D eigenvalue weighted by atomic mass is 10.1. The Labute approximate surface area is 215 Å². The Morgan fingerprint density at radius 2 is 1.49 bits per heavy atom. The number of nitrogens with one attached hydrogen (secondary N) is 3. The number of anilines is 2. The third-order valence-corrected chi connectivity index (χ3v) is 6.00. The minimum Gasteiger partial charge on any atom is -0.319 e. The summed E-state index contributed by atoms with van der Waals surface area (Å²) in [6, 6.07) is 18.2. The van der Waals surface area contributed by atoms with E-state index in [0.29, 0.717) is 32.3 Å². The average Bonchev–Trinajstić information content (AvgIpc) is 3.18. The number of fused-ring (bicyclic) bond motifs is 1. The molecule has 0 aliphatic heterocycles. The zero-order valence-electron chi connectivity index (χ0n) is 18.4. The van der Waals surface area contributed by atoms with E-state index in [0.717, 1.165) is 12.0 Å². The van der Waals surface area contributed by atoms with Crippen molar-refractivity contribution in [2.24, 2.45) is 0 Å². The van der Waals surface area contributed by atoms with Crippen LogP contribution in [0.2, 0.25) is 15.1 Å². The van der Waals surface area contributed by atoms with Gasteiger partial charge in [0.25, 0.3) is 5.91 Å². The first-order chi connectivity index (χ1) is 16.7. The molecular formula is C25H19Cl3N4O3. The first-order valence-electron chi connectivity index (χ1n) is 10.5. The number of hydrogen-bond donors (Lipinski definition) is 3. The summed E-state index contributed by atoms with van der Waals surface area (Å²) in [6.07, 6.45) is 0.853. The molecule has 0 unspecified atom stereocenters. The number of aromatic nitrogens is 1. The number of nitrogens with zero attached hydrogens (tertiary/aromatic N) is 1. The van der Waals surface area contributed by atoms with Crippen LogP contribution in [-0.4, -0.2) is 22.4 Å². The number of halogens is 3. The highest BCUT2D eigenvalue weighted by atomic mass is 35.5. The lowest BCUT2D eigenvalue weighted by Crippen LogP contribution is -2.36. The van der Waals surface area contributed by atoms with Gasteiger partial charge in [0.05, 0.1) is 16.2 Å². The van der Waals surface area contributed by atoms with Crippen molar-refractivity contribution in [3.05, 3.63) is 93.1 Å². The summed E-state index contributed by atoms with van der Waals surface area (Å²) in [5.41, 5.74) is 4.92. The lowest BCUT2D eigenvalue weighted by Gasteiger charge is -2.13. The molecule has 0 radical (unpaired) electrons. The maximum absolute atomic E-state index is 13.1. The van der Waals surface area contributed by atoms with Crippen LogP contribution in [0.1, 0.15) is 23.0 Å². The molecule has 0 bridgehead atoms. The van der Waals surface area contributed by atoms with Crippen molar-refractivity contribution >= 4 is 74.8 Å². The zero-order valence-corrected chi connectivity index (χ0v) is 20.6. The van der Waals surface area contributed by atoms with Crippen LogP contribution in [0.15, 0.2) is 66.7 Å². The van der Waals surface area contributed by atoms with E-state index in [9.17, 15) is 14.4 Å². The maximum atomic E-state index is 13.1. The molecule has 0 aliphatic carbocycles. The smallest absolute Gasteiger partial charge is 0.319 e. The summed E-state index contributed by atoms with van der Waals surface area (Å²) in [7, 11) is 0. The molecule has 0 saturated carbocycles. The molecule has 4 rings (SSSR count). The molecule has 3 aromatic carbocycles. The van der Waals surface area contributed by atoms with E-state index in [1.807, 2.05) is 19.1 Å². The normalized spacial score (nSPS) is 10.7. The van der Waals surface area contributed by atoms with Crippen molar-refractivity contribution in [3.8, 4) is 0 Å². The van der Waals surface area contributed by atoms with Gasteiger partial charge in [0.15, 0.2) is 0 Å². The predicted molar refractivity (Wildman–Crippen MR) is 140 cm³/mol. The Bertz CT molecular complexity index is 1450. The fourth-order valence-electron chi connectivity index (χ4n) is 3.41. The molecule has 3 amide bonds. The van der Waals surface area contributed by atoms with Crippen molar-refractivity contribution in [2.75, 3.05) is 16.1 Å².